The number of nitrogens with zero attached hydrogens (tertiary/aromatic N) is 3. The Morgan fingerprint density at radius 2 is 1.84 bits per heavy atom. The van der Waals surface area contributed by atoms with E-state index in [-0.39, 0.29) is 11.0 Å². The van der Waals surface area contributed by atoms with Crippen LogP contribution >= 0.6 is 0 Å². The highest BCUT2D eigenvalue weighted by Crippen LogP contribution is 2.41. The molecule has 0 amide bonds. The summed E-state index contributed by atoms with van der Waals surface area (Å²) in [7, 11) is 3.21. The van der Waals surface area contributed by atoms with Gasteiger partial charge < -0.3 is 19.0 Å². The molecule has 5 heterocycles. The number of methoxy groups -OCH3 is 1. The van der Waals surface area contributed by atoms with E-state index in [0.717, 1.165) is 50.2 Å². The summed E-state index contributed by atoms with van der Waals surface area (Å²) in [4.78, 5) is 15.5. The summed E-state index contributed by atoms with van der Waals surface area (Å²) in [6, 6.07) is 9.36. The highest BCUT2D eigenvalue weighted by Gasteiger charge is 2.43. The molecular formula is C22H27BN3O5+. The van der Waals surface area contributed by atoms with Crippen molar-refractivity contribution in [3.8, 4) is 17.2 Å². The van der Waals surface area contributed by atoms with Gasteiger partial charge in [0.15, 0.2) is 11.9 Å². The van der Waals surface area contributed by atoms with Crippen molar-refractivity contribution in [2.45, 2.75) is 32.4 Å². The van der Waals surface area contributed by atoms with E-state index in [2.05, 4.69) is 4.90 Å². The van der Waals surface area contributed by atoms with Crippen LogP contribution in [0.15, 0.2) is 46.0 Å². The van der Waals surface area contributed by atoms with Crippen molar-refractivity contribution >= 4 is 13.6 Å². The van der Waals surface area contributed by atoms with Crippen LogP contribution in [0, 0.1) is 5.41 Å². The zero-order chi connectivity index (χ0) is 21.4. The molecule has 9 heteroatoms. The molecule has 3 aromatic rings. The molecule has 0 spiro atoms. The van der Waals surface area contributed by atoms with Gasteiger partial charge in [-0.2, -0.15) is 0 Å². The average Bonchev–Trinajstić information content (AvgIpc) is 3.12. The molecule has 0 radical (unpaired) electrons. The van der Waals surface area contributed by atoms with Crippen LogP contribution in [0.25, 0.3) is 5.52 Å². The Labute approximate surface area is 181 Å². The number of benzene rings is 1. The van der Waals surface area contributed by atoms with Crippen molar-refractivity contribution in [2.75, 3.05) is 26.7 Å². The van der Waals surface area contributed by atoms with Crippen molar-refractivity contribution in [3.05, 3.63) is 52.4 Å². The SMILES string of the molecule is BOc1cc2c(=O)n(CC34CCN(CC3)CC4)o[n+]2cc1OCc1ccc(OC)cc1. The summed E-state index contributed by atoms with van der Waals surface area (Å²) in [5, 5.41) is 0. The van der Waals surface area contributed by atoms with Gasteiger partial charge in [0.2, 0.25) is 5.75 Å². The molecule has 0 N–H and O–H groups in total. The van der Waals surface area contributed by atoms with Crippen molar-refractivity contribution in [2.24, 2.45) is 5.41 Å². The summed E-state index contributed by atoms with van der Waals surface area (Å²) in [5.41, 5.74) is 1.46. The maximum absolute atomic E-state index is 13.0. The lowest BCUT2D eigenvalue weighted by atomic mass is 9.72. The summed E-state index contributed by atoms with van der Waals surface area (Å²) < 4.78 is 25.6. The Bertz CT molecular complexity index is 1120. The lowest BCUT2D eigenvalue weighted by molar-refractivity contribution is -0.735. The molecular weight excluding hydrogens is 397 g/mol. The molecule has 2 aromatic heterocycles. The third-order valence-corrected chi connectivity index (χ3v) is 6.74. The minimum Gasteiger partial charge on any atom is -0.565 e. The summed E-state index contributed by atoms with van der Waals surface area (Å²) in [6.45, 7) is 4.31. The second-order valence-corrected chi connectivity index (χ2v) is 8.57. The standard InChI is InChI=1S/C22H27BN3O5/c1-28-17-4-2-16(3-5-17)14-29-20-13-25-18(12-19(20)30-23)21(27)26(31-25)15-22-6-9-24(10-7-22)11-8-22/h2-5,12-13H,6-11,14-15,23H2,1H3/q+1. The van der Waals surface area contributed by atoms with Crippen LogP contribution in [0.5, 0.6) is 17.2 Å². The van der Waals surface area contributed by atoms with E-state index < -0.39 is 0 Å². The third kappa shape index (κ3) is 3.78. The number of piperidine rings is 3. The van der Waals surface area contributed by atoms with Gasteiger partial charge in [-0.1, -0.05) is 12.1 Å². The highest BCUT2D eigenvalue weighted by atomic mass is 16.6. The van der Waals surface area contributed by atoms with Crippen LogP contribution in [0.4, 0.5) is 0 Å². The lowest BCUT2D eigenvalue weighted by Crippen LogP contribution is -2.50. The van der Waals surface area contributed by atoms with Gasteiger partial charge >= 0.3 is 13.6 Å². The number of pyridine rings is 1. The molecule has 3 fully saturated rings. The lowest BCUT2D eigenvalue weighted by Gasteiger charge is -2.46. The number of ether oxygens (including phenoxy) is 2. The van der Waals surface area contributed by atoms with Crippen molar-refractivity contribution in [3.63, 3.8) is 0 Å². The van der Waals surface area contributed by atoms with Gasteiger partial charge in [-0.25, -0.2) is 4.79 Å². The smallest absolute Gasteiger partial charge is 0.419 e. The monoisotopic (exact) mass is 424 g/mol. The molecule has 162 valence electrons. The van der Waals surface area contributed by atoms with Crippen molar-refractivity contribution < 1.29 is 23.3 Å². The number of hydrogen-bond donors (Lipinski definition) is 0. The molecule has 0 saturated carbocycles. The average molecular weight is 424 g/mol. The topological polar surface area (TPSA) is 70.2 Å². The van der Waals surface area contributed by atoms with Crippen LogP contribution < -0.4 is 24.3 Å². The molecule has 2 bridgehead atoms. The molecule has 6 rings (SSSR count). The van der Waals surface area contributed by atoms with Gasteiger partial charge in [0, 0.05) is 11.5 Å². The zero-order valence-electron chi connectivity index (χ0n) is 18.0. The number of aromatic nitrogens is 2. The molecule has 3 aliphatic heterocycles. The van der Waals surface area contributed by atoms with Gasteiger partial charge in [0.25, 0.3) is 5.52 Å². The van der Waals surface area contributed by atoms with E-state index in [1.54, 1.807) is 27.4 Å². The van der Waals surface area contributed by atoms with Gasteiger partial charge in [-0.3, -0.25) is 0 Å². The Kier molecular flexibility index (Phi) is 5.13. The van der Waals surface area contributed by atoms with Gasteiger partial charge in [-0.15, -0.1) is 4.63 Å². The fourth-order valence-electron chi connectivity index (χ4n) is 4.68. The van der Waals surface area contributed by atoms with Gasteiger partial charge in [0.05, 0.1) is 7.11 Å². The first-order valence-corrected chi connectivity index (χ1v) is 10.7. The zero-order valence-corrected chi connectivity index (χ0v) is 18.0. The molecule has 31 heavy (non-hydrogen) atoms. The number of rotatable bonds is 7. The van der Waals surface area contributed by atoms with Crippen LogP contribution in [-0.2, 0) is 13.2 Å². The summed E-state index contributed by atoms with van der Waals surface area (Å²) >= 11 is 0. The second-order valence-electron chi connectivity index (χ2n) is 8.57. The third-order valence-electron chi connectivity index (χ3n) is 6.74. The fourth-order valence-corrected chi connectivity index (χ4v) is 4.68. The Hall–Kier alpha value is -2.94. The van der Waals surface area contributed by atoms with Crippen LogP contribution in [-0.4, -0.2) is 44.4 Å². The molecule has 0 unspecified atom stereocenters. The predicted molar refractivity (Wildman–Crippen MR) is 115 cm³/mol. The maximum Gasteiger partial charge on any atom is 0.419 e. The van der Waals surface area contributed by atoms with E-state index in [1.165, 1.54) is 9.31 Å². The van der Waals surface area contributed by atoms with E-state index in [9.17, 15) is 4.79 Å². The molecule has 0 aliphatic carbocycles. The fraction of sp³-hybridized carbons (Fsp3) is 0.455. The second kappa shape index (κ2) is 7.96. The Morgan fingerprint density at radius 1 is 1.13 bits per heavy atom. The molecule has 3 aliphatic rings. The van der Waals surface area contributed by atoms with E-state index in [4.69, 9.17) is 18.8 Å². The van der Waals surface area contributed by atoms with Crippen LogP contribution in [0.2, 0.25) is 0 Å². The quantitative estimate of drug-likeness (QED) is 0.419. The summed E-state index contributed by atoms with van der Waals surface area (Å²) in [5.74, 6) is 1.81. The van der Waals surface area contributed by atoms with Crippen LogP contribution in [0.3, 0.4) is 0 Å². The molecule has 3 saturated heterocycles. The largest absolute Gasteiger partial charge is 0.565 e. The van der Waals surface area contributed by atoms with E-state index >= 15 is 0 Å². The van der Waals surface area contributed by atoms with Crippen molar-refractivity contribution in [1.82, 2.24) is 9.64 Å². The molecule has 8 nitrogen and oxygen atoms in total. The van der Waals surface area contributed by atoms with Gasteiger partial charge in [0.1, 0.15) is 18.9 Å². The normalized spacial score (nSPS) is 22.5. The molecule has 0 atom stereocenters. The first-order chi connectivity index (χ1) is 15.1. The predicted octanol–water partition coefficient (Wildman–Crippen LogP) is 1.18. The Balaban J connectivity index is 1.40. The van der Waals surface area contributed by atoms with Crippen LogP contribution in [0.1, 0.15) is 24.8 Å². The minimum absolute atomic E-state index is 0.137. The summed E-state index contributed by atoms with van der Waals surface area (Å²) in [6.07, 6.45) is 5.01. The number of fused-ring (bicyclic) bond motifs is 4. The first-order valence-electron chi connectivity index (χ1n) is 10.7. The Morgan fingerprint density at radius 3 is 2.48 bits per heavy atom. The maximum atomic E-state index is 13.0. The van der Waals surface area contributed by atoms with Crippen molar-refractivity contribution in [1.29, 1.82) is 0 Å². The first kappa shape index (κ1) is 20.0. The number of hydrogen-bond acceptors (Lipinski definition) is 6. The minimum atomic E-state index is -0.137. The highest BCUT2D eigenvalue weighted by molar-refractivity contribution is 6.00. The molecule has 1 aromatic carbocycles. The van der Waals surface area contributed by atoms with Gasteiger partial charge in [-0.05, 0) is 65.9 Å². The van der Waals surface area contributed by atoms with E-state index in [0.29, 0.717) is 30.2 Å². The van der Waals surface area contributed by atoms with E-state index in [1.807, 2.05) is 24.3 Å².